The molecule has 2 N–H and O–H groups in total. The lowest BCUT2D eigenvalue weighted by Gasteiger charge is -2.39. The second-order valence-corrected chi connectivity index (χ2v) is 11.3. The Morgan fingerprint density at radius 1 is 1.22 bits per heavy atom. The topological polar surface area (TPSA) is 117 Å². The normalized spacial score (nSPS) is 21.3. The lowest BCUT2D eigenvalue weighted by atomic mass is 9.77. The van der Waals surface area contributed by atoms with Gasteiger partial charge in [-0.15, -0.1) is 0 Å². The molecule has 1 spiro atoms. The summed E-state index contributed by atoms with van der Waals surface area (Å²) in [5, 5.41) is 25.0. The van der Waals surface area contributed by atoms with Crippen LogP contribution < -0.4 is 9.80 Å². The van der Waals surface area contributed by atoms with Gasteiger partial charge in [0.25, 0.3) is 5.91 Å². The van der Waals surface area contributed by atoms with Gasteiger partial charge in [0, 0.05) is 25.3 Å². The molecule has 10 nitrogen and oxygen atoms in total. The Morgan fingerprint density at radius 3 is 2.68 bits per heavy atom. The summed E-state index contributed by atoms with van der Waals surface area (Å²) in [5.41, 5.74) is 3.09. The molecule has 0 unspecified atom stereocenters. The Morgan fingerprint density at radius 2 is 2.00 bits per heavy atom. The van der Waals surface area contributed by atoms with Crippen molar-refractivity contribution in [3.05, 3.63) is 35.7 Å². The molecule has 10 heteroatoms. The average molecular weight is 507 g/mol. The molecule has 1 amide bonds. The Balaban J connectivity index is 1.31. The molecule has 37 heavy (non-hydrogen) atoms. The standard InChI is InChI=1S/C27H34N6O4/c1-17-13-27(16-37-17)7-10-31(11-8-27)23-21(15-34)30-24-20(29-23)14-28-33(24)19-5-4-18-6-9-32(22(18)12-19)25(35)26(2,3)36/h4-5,12,14,17,34,36H,6-11,13,15-16H2,1-3H3/t17-/m0/s1. The predicted octanol–water partition coefficient (Wildman–Crippen LogP) is 2.36. The minimum atomic E-state index is -1.45. The van der Waals surface area contributed by atoms with Gasteiger partial charge >= 0.3 is 0 Å². The molecule has 3 aliphatic rings. The Kier molecular flexibility index (Phi) is 5.74. The second-order valence-electron chi connectivity index (χ2n) is 11.3. The van der Waals surface area contributed by atoms with Crippen LogP contribution in [0.5, 0.6) is 0 Å². The molecule has 3 aromatic rings. The van der Waals surface area contributed by atoms with E-state index in [4.69, 9.17) is 14.7 Å². The van der Waals surface area contributed by atoms with E-state index in [0.717, 1.165) is 62.3 Å². The Hall–Kier alpha value is -3.08. The number of nitrogens with zero attached hydrogens (tertiary/aromatic N) is 6. The van der Waals surface area contributed by atoms with Gasteiger partial charge in [-0.05, 0) is 69.6 Å². The molecule has 2 aromatic heterocycles. The van der Waals surface area contributed by atoms with Crippen LogP contribution in [0.2, 0.25) is 0 Å². The first-order valence-electron chi connectivity index (χ1n) is 13.1. The van der Waals surface area contributed by atoms with Crippen LogP contribution in [-0.2, 0) is 22.6 Å². The van der Waals surface area contributed by atoms with E-state index in [2.05, 4.69) is 16.9 Å². The number of fused-ring (bicyclic) bond motifs is 2. The molecule has 0 radical (unpaired) electrons. The van der Waals surface area contributed by atoms with E-state index >= 15 is 0 Å². The highest BCUT2D eigenvalue weighted by atomic mass is 16.5. The summed E-state index contributed by atoms with van der Waals surface area (Å²) in [7, 11) is 0. The fourth-order valence-corrected chi connectivity index (χ4v) is 6.05. The summed E-state index contributed by atoms with van der Waals surface area (Å²) < 4.78 is 7.56. The van der Waals surface area contributed by atoms with Crippen molar-refractivity contribution in [1.82, 2.24) is 19.7 Å². The zero-order chi connectivity index (χ0) is 25.9. The number of amides is 1. The predicted molar refractivity (Wildman–Crippen MR) is 139 cm³/mol. The zero-order valence-electron chi connectivity index (χ0n) is 21.6. The van der Waals surface area contributed by atoms with Gasteiger partial charge in [-0.25, -0.2) is 14.6 Å². The van der Waals surface area contributed by atoms with Crippen molar-refractivity contribution in [3.8, 4) is 5.69 Å². The van der Waals surface area contributed by atoms with Gasteiger partial charge in [0.1, 0.15) is 16.8 Å². The number of benzene rings is 1. The number of ether oxygens (including phenoxy) is 1. The van der Waals surface area contributed by atoms with Crippen LogP contribution in [0, 0.1) is 5.41 Å². The summed E-state index contributed by atoms with van der Waals surface area (Å²) in [6.07, 6.45) is 5.92. The Bertz CT molecular complexity index is 1350. The summed E-state index contributed by atoms with van der Waals surface area (Å²) in [4.78, 5) is 26.3. The number of hydrogen-bond donors (Lipinski definition) is 2. The number of carbonyl (C=O) groups is 1. The van der Waals surface area contributed by atoms with E-state index in [1.54, 1.807) is 15.8 Å². The minimum absolute atomic E-state index is 0.219. The average Bonchev–Trinajstić information content (AvgIpc) is 3.59. The number of hydrogen-bond acceptors (Lipinski definition) is 8. The van der Waals surface area contributed by atoms with Gasteiger partial charge in [-0.1, -0.05) is 6.07 Å². The Labute approximate surface area is 215 Å². The highest BCUT2D eigenvalue weighted by molar-refractivity contribution is 6.00. The maximum Gasteiger partial charge on any atom is 0.258 e. The summed E-state index contributed by atoms with van der Waals surface area (Å²) >= 11 is 0. The smallest absolute Gasteiger partial charge is 0.258 e. The summed E-state index contributed by atoms with van der Waals surface area (Å²) in [5.74, 6) is 0.384. The number of carbonyl (C=O) groups excluding carboxylic acids is 1. The van der Waals surface area contributed by atoms with Gasteiger partial charge in [-0.3, -0.25) is 4.79 Å². The molecular formula is C27H34N6O4. The lowest BCUT2D eigenvalue weighted by Crippen LogP contribution is -2.44. The number of piperidine rings is 1. The van der Waals surface area contributed by atoms with Crippen molar-refractivity contribution in [3.63, 3.8) is 0 Å². The van der Waals surface area contributed by atoms with E-state index in [9.17, 15) is 15.0 Å². The molecule has 196 valence electrons. The number of anilines is 2. The number of aliphatic hydroxyl groups excluding tert-OH is 1. The minimum Gasteiger partial charge on any atom is -0.390 e. The maximum atomic E-state index is 12.8. The SMILES string of the molecule is C[C@H]1CC2(CCN(c3nc4cnn(-c5ccc6c(c5)N(C(=O)C(C)(C)O)CC6)c4nc3CO)CC2)CO1. The van der Waals surface area contributed by atoms with Gasteiger partial charge in [0.2, 0.25) is 0 Å². The second kappa shape index (κ2) is 8.75. The molecule has 5 heterocycles. The molecule has 3 aliphatic heterocycles. The monoisotopic (exact) mass is 506 g/mol. The van der Waals surface area contributed by atoms with E-state index in [1.165, 1.54) is 13.8 Å². The van der Waals surface area contributed by atoms with Crippen LogP contribution in [0.25, 0.3) is 16.9 Å². The van der Waals surface area contributed by atoms with Crippen molar-refractivity contribution in [2.24, 2.45) is 5.41 Å². The fourth-order valence-electron chi connectivity index (χ4n) is 6.05. The zero-order valence-corrected chi connectivity index (χ0v) is 21.6. The van der Waals surface area contributed by atoms with Crippen molar-refractivity contribution in [2.75, 3.05) is 36.0 Å². The molecular weight excluding hydrogens is 472 g/mol. The van der Waals surface area contributed by atoms with Crippen LogP contribution >= 0.6 is 0 Å². The lowest BCUT2D eigenvalue weighted by molar-refractivity contribution is -0.133. The molecule has 0 aliphatic carbocycles. The fraction of sp³-hybridized carbons (Fsp3) is 0.556. The van der Waals surface area contributed by atoms with Crippen LogP contribution in [-0.4, -0.2) is 73.8 Å². The highest BCUT2D eigenvalue weighted by Gasteiger charge is 2.41. The molecule has 1 aromatic carbocycles. The van der Waals surface area contributed by atoms with E-state index < -0.39 is 5.60 Å². The van der Waals surface area contributed by atoms with E-state index in [0.29, 0.717) is 35.3 Å². The summed E-state index contributed by atoms with van der Waals surface area (Å²) in [6, 6.07) is 5.84. The first-order chi connectivity index (χ1) is 17.7. The van der Waals surface area contributed by atoms with E-state index in [-0.39, 0.29) is 17.9 Å². The third kappa shape index (κ3) is 4.17. The molecule has 6 rings (SSSR count). The first kappa shape index (κ1) is 24.3. The van der Waals surface area contributed by atoms with Crippen molar-refractivity contribution in [2.45, 2.75) is 64.8 Å². The number of aliphatic hydroxyl groups is 2. The van der Waals surface area contributed by atoms with Crippen LogP contribution in [0.3, 0.4) is 0 Å². The quantitative estimate of drug-likeness (QED) is 0.554. The molecule has 2 saturated heterocycles. The van der Waals surface area contributed by atoms with Gasteiger partial charge in [-0.2, -0.15) is 5.10 Å². The molecule has 0 bridgehead atoms. The number of rotatable bonds is 4. The van der Waals surface area contributed by atoms with Crippen LogP contribution in [0.4, 0.5) is 11.5 Å². The van der Waals surface area contributed by atoms with Gasteiger partial charge < -0.3 is 24.7 Å². The third-order valence-corrected chi connectivity index (χ3v) is 8.10. The van der Waals surface area contributed by atoms with Crippen molar-refractivity contribution in [1.29, 1.82) is 0 Å². The van der Waals surface area contributed by atoms with Crippen molar-refractivity contribution < 1.29 is 19.7 Å². The highest BCUT2D eigenvalue weighted by Crippen LogP contribution is 2.43. The molecule has 2 fully saturated rings. The van der Waals surface area contributed by atoms with Crippen LogP contribution in [0.1, 0.15) is 51.3 Å². The third-order valence-electron chi connectivity index (χ3n) is 8.10. The van der Waals surface area contributed by atoms with E-state index in [1.807, 2.05) is 18.2 Å². The van der Waals surface area contributed by atoms with Gasteiger partial charge in [0.05, 0.1) is 31.2 Å². The largest absolute Gasteiger partial charge is 0.390 e. The van der Waals surface area contributed by atoms with Crippen LogP contribution in [0.15, 0.2) is 24.4 Å². The molecule has 1 atom stereocenters. The van der Waals surface area contributed by atoms with Gasteiger partial charge in [0.15, 0.2) is 11.5 Å². The van der Waals surface area contributed by atoms with Crippen molar-refractivity contribution >= 4 is 28.6 Å². The summed E-state index contributed by atoms with van der Waals surface area (Å²) in [6.45, 7) is 8.00. The molecule has 0 saturated carbocycles. The maximum absolute atomic E-state index is 12.8. The first-order valence-corrected chi connectivity index (χ1v) is 13.1. The number of aromatic nitrogens is 4.